The van der Waals surface area contributed by atoms with Gasteiger partial charge < -0.3 is 10.3 Å². The van der Waals surface area contributed by atoms with Crippen LogP contribution < -0.4 is 5.32 Å². The first kappa shape index (κ1) is 12.6. The van der Waals surface area contributed by atoms with E-state index in [9.17, 15) is 8.42 Å². The lowest BCUT2D eigenvalue weighted by Gasteiger charge is -2.06. The van der Waals surface area contributed by atoms with Crippen LogP contribution in [0.5, 0.6) is 0 Å². The van der Waals surface area contributed by atoms with E-state index in [2.05, 4.69) is 15.3 Å². The van der Waals surface area contributed by atoms with E-state index in [1.165, 1.54) is 0 Å². The number of anilines is 1. The number of nitrogens with one attached hydrogen (secondary N) is 2. The Morgan fingerprint density at radius 2 is 2.00 bits per heavy atom. The van der Waals surface area contributed by atoms with Crippen LogP contribution in [0.4, 0.5) is 5.69 Å². The molecule has 0 spiro atoms. The van der Waals surface area contributed by atoms with Crippen molar-refractivity contribution in [3.8, 4) is 0 Å². The van der Waals surface area contributed by atoms with Gasteiger partial charge in [0.1, 0.15) is 0 Å². The molecule has 0 aliphatic carbocycles. The van der Waals surface area contributed by atoms with Crippen molar-refractivity contribution in [2.45, 2.75) is 18.4 Å². The van der Waals surface area contributed by atoms with Gasteiger partial charge in [0.15, 0.2) is 9.84 Å². The summed E-state index contributed by atoms with van der Waals surface area (Å²) in [6.07, 6.45) is 3.36. The lowest BCUT2D eigenvalue weighted by atomic mass is 10.3. The number of hydrogen-bond donors (Lipinski definition) is 2. The van der Waals surface area contributed by atoms with Gasteiger partial charge in [-0.2, -0.15) is 0 Å². The Morgan fingerprint density at radius 3 is 2.56 bits per heavy atom. The zero-order valence-electron chi connectivity index (χ0n) is 10.1. The van der Waals surface area contributed by atoms with Gasteiger partial charge in [-0.15, -0.1) is 0 Å². The molecule has 0 atom stereocenters. The molecule has 1 aromatic carbocycles. The normalized spacial score (nSPS) is 11.4. The van der Waals surface area contributed by atoms with Crippen LogP contribution in [0.25, 0.3) is 0 Å². The van der Waals surface area contributed by atoms with Gasteiger partial charge in [0.2, 0.25) is 0 Å². The number of sulfone groups is 1. The third-order valence-electron chi connectivity index (χ3n) is 2.63. The Labute approximate surface area is 106 Å². The molecule has 6 heteroatoms. The quantitative estimate of drug-likeness (QED) is 0.864. The predicted molar refractivity (Wildman–Crippen MR) is 70.1 cm³/mol. The van der Waals surface area contributed by atoms with Crippen molar-refractivity contribution in [3.05, 3.63) is 42.5 Å². The fourth-order valence-corrected chi connectivity index (χ4v) is 2.41. The maximum Gasteiger partial charge on any atom is 0.178 e. The Balaban J connectivity index is 2.04. The summed E-state index contributed by atoms with van der Waals surface area (Å²) >= 11 is 0. The summed E-state index contributed by atoms with van der Waals surface area (Å²) in [6, 6.07) is 6.76. The van der Waals surface area contributed by atoms with Crippen molar-refractivity contribution < 1.29 is 8.42 Å². The van der Waals surface area contributed by atoms with Gasteiger partial charge in [-0.3, -0.25) is 0 Å². The van der Waals surface area contributed by atoms with Gasteiger partial charge in [0.05, 0.1) is 29.2 Å². The first-order valence-corrected chi connectivity index (χ1v) is 7.31. The van der Waals surface area contributed by atoms with Gasteiger partial charge >= 0.3 is 0 Å². The van der Waals surface area contributed by atoms with Crippen molar-refractivity contribution in [3.63, 3.8) is 0 Å². The smallest absolute Gasteiger partial charge is 0.178 e. The molecule has 2 aromatic rings. The van der Waals surface area contributed by atoms with Gasteiger partial charge in [0, 0.05) is 11.9 Å². The third-order valence-corrected chi connectivity index (χ3v) is 4.38. The largest absolute Gasteiger partial charge is 0.379 e. The van der Waals surface area contributed by atoms with E-state index in [0.717, 1.165) is 11.4 Å². The van der Waals surface area contributed by atoms with E-state index < -0.39 is 9.84 Å². The average Bonchev–Trinajstić information content (AvgIpc) is 2.90. The Hall–Kier alpha value is -1.82. The molecule has 0 saturated heterocycles. The Kier molecular flexibility index (Phi) is 3.66. The standard InChI is InChI=1S/C12H15N3O2S/c1-2-18(16,17)12-5-3-10(4-6-12)14-8-11-7-13-9-15-11/h3-7,9,14H,2,8H2,1H3,(H,13,15). The number of rotatable bonds is 5. The molecule has 2 N–H and O–H groups in total. The van der Waals surface area contributed by atoms with Crippen LogP contribution in [0.15, 0.2) is 41.7 Å². The topological polar surface area (TPSA) is 74.8 Å². The second-order valence-electron chi connectivity index (χ2n) is 3.86. The number of aromatic amines is 1. The number of benzene rings is 1. The number of H-pyrrole nitrogens is 1. The van der Waals surface area contributed by atoms with E-state index in [1.807, 2.05) is 0 Å². The summed E-state index contributed by atoms with van der Waals surface area (Å²) in [5.41, 5.74) is 1.85. The van der Waals surface area contributed by atoms with Gasteiger partial charge in [0.25, 0.3) is 0 Å². The number of hydrogen-bond acceptors (Lipinski definition) is 4. The summed E-state index contributed by atoms with van der Waals surface area (Å²) in [4.78, 5) is 7.26. The van der Waals surface area contributed by atoms with E-state index in [1.54, 1.807) is 43.7 Å². The molecule has 0 saturated carbocycles. The molecule has 2 rings (SSSR count). The minimum Gasteiger partial charge on any atom is -0.379 e. The minimum absolute atomic E-state index is 0.119. The van der Waals surface area contributed by atoms with Crippen LogP contribution in [0, 0.1) is 0 Å². The van der Waals surface area contributed by atoms with Crippen LogP contribution in [-0.2, 0) is 16.4 Å². The van der Waals surface area contributed by atoms with E-state index in [-0.39, 0.29) is 5.75 Å². The summed E-state index contributed by atoms with van der Waals surface area (Å²) in [6.45, 7) is 2.26. The predicted octanol–water partition coefficient (Wildman–Crippen LogP) is 1.82. The molecular formula is C12H15N3O2S. The highest BCUT2D eigenvalue weighted by molar-refractivity contribution is 7.91. The van der Waals surface area contributed by atoms with Gasteiger partial charge in [-0.05, 0) is 24.3 Å². The van der Waals surface area contributed by atoms with Crippen molar-refractivity contribution in [1.82, 2.24) is 9.97 Å². The summed E-state index contributed by atoms with van der Waals surface area (Å²) in [5, 5.41) is 3.18. The number of aromatic nitrogens is 2. The SMILES string of the molecule is CCS(=O)(=O)c1ccc(NCc2cnc[nH]2)cc1. The molecule has 0 amide bonds. The minimum atomic E-state index is -3.12. The second-order valence-corrected chi connectivity index (χ2v) is 6.14. The maximum atomic E-state index is 11.6. The van der Waals surface area contributed by atoms with E-state index >= 15 is 0 Å². The number of imidazole rings is 1. The van der Waals surface area contributed by atoms with Gasteiger partial charge in [-0.1, -0.05) is 6.92 Å². The molecule has 1 aromatic heterocycles. The molecule has 96 valence electrons. The summed E-state index contributed by atoms with van der Waals surface area (Å²) in [7, 11) is -3.12. The van der Waals surface area contributed by atoms with Crippen LogP contribution in [0.1, 0.15) is 12.6 Å². The Morgan fingerprint density at radius 1 is 1.28 bits per heavy atom. The summed E-state index contributed by atoms with van der Waals surface area (Å²) in [5.74, 6) is 0.119. The molecule has 0 radical (unpaired) electrons. The van der Waals surface area contributed by atoms with Gasteiger partial charge in [-0.25, -0.2) is 13.4 Å². The molecule has 5 nitrogen and oxygen atoms in total. The van der Waals surface area contributed by atoms with Crippen molar-refractivity contribution in [2.75, 3.05) is 11.1 Å². The van der Waals surface area contributed by atoms with Crippen molar-refractivity contribution in [1.29, 1.82) is 0 Å². The average molecular weight is 265 g/mol. The zero-order chi connectivity index (χ0) is 13.0. The highest BCUT2D eigenvalue weighted by Crippen LogP contribution is 2.15. The monoisotopic (exact) mass is 265 g/mol. The second kappa shape index (κ2) is 5.22. The van der Waals surface area contributed by atoms with E-state index in [0.29, 0.717) is 11.4 Å². The lowest BCUT2D eigenvalue weighted by molar-refractivity contribution is 0.597. The van der Waals surface area contributed by atoms with Crippen LogP contribution in [0.3, 0.4) is 0 Å². The fourth-order valence-electron chi connectivity index (χ4n) is 1.53. The molecule has 18 heavy (non-hydrogen) atoms. The molecule has 0 unspecified atom stereocenters. The zero-order valence-corrected chi connectivity index (χ0v) is 10.9. The Bertz CT molecular complexity index is 589. The highest BCUT2D eigenvalue weighted by atomic mass is 32.2. The van der Waals surface area contributed by atoms with Crippen molar-refractivity contribution >= 4 is 15.5 Å². The lowest BCUT2D eigenvalue weighted by Crippen LogP contribution is -2.04. The maximum absolute atomic E-state index is 11.6. The molecule has 0 bridgehead atoms. The van der Waals surface area contributed by atoms with Crippen LogP contribution >= 0.6 is 0 Å². The molecule has 1 heterocycles. The molecule has 0 fully saturated rings. The molecule has 0 aliphatic rings. The van der Waals surface area contributed by atoms with E-state index in [4.69, 9.17) is 0 Å². The fraction of sp³-hybridized carbons (Fsp3) is 0.250. The van der Waals surface area contributed by atoms with Crippen LogP contribution in [0.2, 0.25) is 0 Å². The number of nitrogens with zero attached hydrogens (tertiary/aromatic N) is 1. The summed E-state index contributed by atoms with van der Waals surface area (Å²) < 4.78 is 23.2. The third kappa shape index (κ3) is 2.89. The first-order valence-electron chi connectivity index (χ1n) is 5.66. The van der Waals surface area contributed by atoms with Crippen molar-refractivity contribution in [2.24, 2.45) is 0 Å². The first-order chi connectivity index (χ1) is 8.62. The highest BCUT2D eigenvalue weighted by Gasteiger charge is 2.10. The molecule has 0 aliphatic heterocycles. The van der Waals surface area contributed by atoms with Crippen LogP contribution in [-0.4, -0.2) is 24.1 Å². The molecular weight excluding hydrogens is 250 g/mol.